The Hall–Kier alpha value is -3.79. The summed E-state index contributed by atoms with van der Waals surface area (Å²) in [5, 5.41) is 5.21. The predicted molar refractivity (Wildman–Crippen MR) is 139 cm³/mol. The summed E-state index contributed by atoms with van der Waals surface area (Å²) in [5.41, 5.74) is -4.11. The molecule has 4 N–H and O–H groups in total. The average Bonchev–Trinajstić information content (AvgIpc) is 2.92. The van der Waals surface area contributed by atoms with E-state index in [2.05, 4.69) is 10.6 Å². The first-order valence-electron chi connectivity index (χ1n) is 12.0. The van der Waals surface area contributed by atoms with Crippen LogP contribution in [0.1, 0.15) is 23.1 Å². The van der Waals surface area contributed by atoms with E-state index in [4.69, 9.17) is 19.3 Å². The lowest BCUT2D eigenvalue weighted by Crippen LogP contribution is -2.48. The highest BCUT2D eigenvalue weighted by Crippen LogP contribution is 2.59. The number of hydrogen-bond acceptors (Lipinski definition) is 5. The van der Waals surface area contributed by atoms with Gasteiger partial charge in [-0.2, -0.15) is 8.78 Å². The van der Waals surface area contributed by atoms with Gasteiger partial charge in [0, 0.05) is 18.5 Å². The lowest BCUT2D eigenvalue weighted by Gasteiger charge is -2.20. The van der Waals surface area contributed by atoms with E-state index in [-0.39, 0.29) is 19.6 Å². The minimum Gasteiger partial charge on any atom is -0.494 e. The Morgan fingerprint density at radius 2 is 1.51 bits per heavy atom. The van der Waals surface area contributed by atoms with Crippen LogP contribution in [0.15, 0.2) is 84.9 Å². The molecule has 39 heavy (non-hydrogen) atoms. The number of rotatable bonds is 13. The van der Waals surface area contributed by atoms with Gasteiger partial charge in [-0.3, -0.25) is 9.36 Å². The van der Waals surface area contributed by atoms with E-state index in [1.165, 1.54) is 12.1 Å². The molecule has 9 nitrogen and oxygen atoms in total. The number of carbonyl (C=O) groups is 2. The number of amides is 2. The molecule has 3 aromatic rings. The average molecular weight is 563 g/mol. The fourth-order valence-corrected chi connectivity index (χ4v) is 3.96. The molecule has 0 unspecified atom stereocenters. The van der Waals surface area contributed by atoms with Gasteiger partial charge in [0.2, 0.25) is 5.91 Å². The summed E-state index contributed by atoms with van der Waals surface area (Å²) in [6, 6.07) is 21.1. The molecule has 3 aromatic carbocycles. The van der Waals surface area contributed by atoms with Gasteiger partial charge in [-0.05, 0) is 29.7 Å². The summed E-state index contributed by atoms with van der Waals surface area (Å²) >= 11 is 0. The van der Waals surface area contributed by atoms with Gasteiger partial charge in [0.05, 0.1) is 6.61 Å². The molecule has 0 aromatic heterocycles. The monoisotopic (exact) mass is 562 g/mol. The molecule has 0 radical (unpaired) electrons. The molecular weight excluding hydrogens is 533 g/mol. The fourth-order valence-electron chi connectivity index (χ4n) is 3.48. The molecule has 0 fully saturated rings. The van der Waals surface area contributed by atoms with Gasteiger partial charge in [-0.1, -0.05) is 72.8 Å². The summed E-state index contributed by atoms with van der Waals surface area (Å²) in [5.74, 6) is 0.160. The van der Waals surface area contributed by atoms with Gasteiger partial charge in [0.1, 0.15) is 18.4 Å². The summed E-state index contributed by atoms with van der Waals surface area (Å²) in [6.07, 6.45) is -0.456. The van der Waals surface area contributed by atoms with Crippen LogP contribution in [0.5, 0.6) is 5.75 Å². The minimum atomic E-state index is -5.72. The van der Waals surface area contributed by atoms with Crippen molar-refractivity contribution in [2.45, 2.75) is 31.2 Å². The largest absolute Gasteiger partial charge is 0.494 e. The minimum absolute atomic E-state index is 0.0238. The maximum atomic E-state index is 14.0. The number of carbonyl (C=O) groups excluding carboxylic acids is 2. The molecule has 0 saturated carbocycles. The van der Waals surface area contributed by atoms with Crippen LogP contribution in [-0.4, -0.2) is 41.0 Å². The van der Waals surface area contributed by atoms with E-state index < -0.39 is 36.9 Å². The van der Waals surface area contributed by atoms with E-state index in [1.54, 1.807) is 36.4 Å². The standard InChI is InChI=1S/C27H29F2N2O7P/c28-27(29,39(34,35)36)22-14-12-20(13-15-22)18-24(31-26(33)38-19-21-8-3-1-4-9-21)25(32)30-16-7-17-37-23-10-5-2-6-11-23/h1-6,8-15,24H,7,16-19H2,(H,30,32)(H,31,33)(H2,34,35,36)/t24-/m0/s1. The lowest BCUT2D eigenvalue weighted by atomic mass is 10.0. The normalized spacial score (nSPS) is 12.3. The Labute approximate surface area is 224 Å². The predicted octanol–water partition coefficient (Wildman–Crippen LogP) is 4.34. The third-order valence-electron chi connectivity index (χ3n) is 5.56. The van der Waals surface area contributed by atoms with Gasteiger partial charge in [-0.25, -0.2) is 4.79 Å². The Balaban J connectivity index is 1.61. The van der Waals surface area contributed by atoms with Crippen molar-refractivity contribution in [2.24, 2.45) is 0 Å². The Kier molecular flexibility index (Phi) is 10.6. The second kappa shape index (κ2) is 13.8. The zero-order valence-electron chi connectivity index (χ0n) is 20.8. The van der Waals surface area contributed by atoms with Crippen molar-refractivity contribution >= 4 is 19.6 Å². The number of hydrogen-bond donors (Lipinski definition) is 4. The summed E-state index contributed by atoms with van der Waals surface area (Å²) in [4.78, 5) is 43.2. The van der Waals surface area contributed by atoms with Crippen LogP contribution < -0.4 is 15.4 Å². The molecule has 2 amide bonds. The smallest absolute Gasteiger partial charge is 0.408 e. The van der Waals surface area contributed by atoms with Crippen molar-refractivity contribution in [3.63, 3.8) is 0 Å². The highest BCUT2D eigenvalue weighted by Gasteiger charge is 2.50. The second-order valence-corrected chi connectivity index (χ2v) is 10.2. The molecule has 0 bridgehead atoms. The van der Waals surface area contributed by atoms with Gasteiger partial charge in [0.15, 0.2) is 0 Å². The molecule has 208 valence electrons. The van der Waals surface area contributed by atoms with E-state index in [0.717, 1.165) is 17.7 Å². The van der Waals surface area contributed by atoms with E-state index in [9.17, 15) is 22.9 Å². The molecule has 12 heteroatoms. The number of alkyl halides is 2. The molecule has 0 spiro atoms. The Bertz CT molecular complexity index is 1260. The van der Waals surface area contributed by atoms with Crippen molar-refractivity contribution in [1.82, 2.24) is 10.6 Å². The van der Waals surface area contributed by atoms with Gasteiger partial charge >= 0.3 is 19.4 Å². The van der Waals surface area contributed by atoms with Gasteiger partial charge in [-0.15, -0.1) is 0 Å². The molecule has 0 aliphatic rings. The maximum absolute atomic E-state index is 14.0. The quantitative estimate of drug-likeness (QED) is 0.180. The second-order valence-electron chi connectivity index (χ2n) is 8.55. The van der Waals surface area contributed by atoms with E-state index in [0.29, 0.717) is 24.3 Å². The molecule has 0 heterocycles. The van der Waals surface area contributed by atoms with Crippen molar-refractivity contribution in [1.29, 1.82) is 0 Å². The summed E-state index contributed by atoms with van der Waals surface area (Å²) < 4.78 is 49.9. The molecule has 0 aliphatic heterocycles. The number of alkyl carbamates (subject to hydrolysis) is 1. The van der Waals surface area contributed by atoms with E-state index in [1.807, 2.05) is 24.3 Å². The van der Waals surface area contributed by atoms with Gasteiger partial charge in [0.25, 0.3) is 0 Å². The summed E-state index contributed by atoms with van der Waals surface area (Å²) in [6.45, 7) is 0.567. The number of para-hydroxylation sites is 1. The van der Waals surface area contributed by atoms with Crippen LogP contribution in [0, 0.1) is 0 Å². The zero-order valence-corrected chi connectivity index (χ0v) is 21.7. The SMILES string of the molecule is O=C(N[C@@H](Cc1ccc(C(F)(F)P(=O)(O)O)cc1)C(=O)NCCCOc1ccccc1)OCc1ccccc1. The van der Waals surface area contributed by atoms with Gasteiger partial charge < -0.3 is 29.9 Å². The number of halogens is 2. The first kappa shape index (κ1) is 29.8. The highest BCUT2D eigenvalue weighted by atomic mass is 31.2. The Morgan fingerprint density at radius 1 is 0.897 bits per heavy atom. The number of ether oxygens (including phenoxy) is 2. The highest BCUT2D eigenvalue weighted by molar-refractivity contribution is 7.52. The molecule has 1 atom stereocenters. The molecule has 0 saturated heterocycles. The fraction of sp³-hybridized carbons (Fsp3) is 0.259. The van der Waals surface area contributed by atoms with Crippen LogP contribution in [0.4, 0.5) is 13.6 Å². The third-order valence-corrected chi connectivity index (χ3v) is 6.55. The van der Waals surface area contributed by atoms with Crippen LogP contribution in [0.3, 0.4) is 0 Å². The first-order chi connectivity index (χ1) is 18.6. The molecule has 0 aliphatic carbocycles. The molecular formula is C27H29F2N2O7P. The summed E-state index contributed by atoms with van der Waals surface area (Å²) in [7, 11) is -5.72. The van der Waals surface area contributed by atoms with Crippen molar-refractivity contribution in [3.05, 3.63) is 102 Å². The number of benzene rings is 3. The maximum Gasteiger partial charge on any atom is 0.408 e. The third kappa shape index (κ3) is 9.17. The topological polar surface area (TPSA) is 134 Å². The van der Waals surface area contributed by atoms with Crippen LogP contribution >= 0.6 is 7.60 Å². The Morgan fingerprint density at radius 3 is 2.13 bits per heavy atom. The lowest BCUT2D eigenvalue weighted by molar-refractivity contribution is -0.123. The molecule has 3 rings (SSSR count). The van der Waals surface area contributed by atoms with Crippen molar-refractivity contribution in [3.8, 4) is 5.75 Å². The van der Waals surface area contributed by atoms with Crippen LogP contribution in [0.25, 0.3) is 0 Å². The first-order valence-corrected chi connectivity index (χ1v) is 13.6. The van der Waals surface area contributed by atoms with Crippen LogP contribution in [-0.2, 0) is 32.8 Å². The zero-order chi connectivity index (χ0) is 28.3. The van der Waals surface area contributed by atoms with Crippen LogP contribution in [0.2, 0.25) is 0 Å². The number of nitrogens with one attached hydrogen (secondary N) is 2. The van der Waals surface area contributed by atoms with Crippen molar-refractivity contribution < 1.29 is 42.2 Å². The van der Waals surface area contributed by atoms with Crippen molar-refractivity contribution in [2.75, 3.05) is 13.2 Å². The van der Waals surface area contributed by atoms with E-state index >= 15 is 0 Å².